The van der Waals surface area contributed by atoms with Crippen LogP contribution >= 0.6 is 0 Å². The first-order valence-electron chi connectivity index (χ1n) is 6.81. The molecule has 0 radical (unpaired) electrons. The van der Waals surface area contributed by atoms with Gasteiger partial charge in [-0.25, -0.2) is 4.98 Å². The topological polar surface area (TPSA) is 61.2 Å². The molecular formula is C15H18N2O3. The number of aryl methyl sites for hydroxylation is 1. The van der Waals surface area contributed by atoms with Crippen LogP contribution in [-0.2, 0) is 22.5 Å². The Bertz CT molecular complexity index is 676. The lowest BCUT2D eigenvalue weighted by Gasteiger charge is -2.12. The van der Waals surface area contributed by atoms with Crippen LogP contribution in [0, 0.1) is 0 Å². The van der Waals surface area contributed by atoms with Gasteiger partial charge in [0.2, 0.25) is 0 Å². The minimum atomic E-state index is -0.259. The minimum absolute atomic E-state index is 0.0833. The molecule has 0 bridgehead atoms. The third-order valence-corrected chi connectivity index (χ3v) is 3.12. The van der Waals surface area contributed by atoms with E-state index in [0.29, 0.717) is 36.1 Å². The molecule has 106 valence electrons. The SMILES string of the molecule is CCC(=O)OCCn1c(CC)nc2ccccc2c1=O. The van der Waals surface area contributed by atoms with Crippen molar-refractivity contribution in [2.24, 2.45) is 0 Å². The van der Waals surface area contributed by atoms with Crippen molar-refractivity contribution in [3.63, 3.8) is 0 Å². The molecule has 0 spiro atoms. The molecule has 0 aliphatic heterocycles. The molecule has 1 heterocycles. The van der Waals surface area contributed by atoms with Gasteiger partial charge >= 0.3 is 5.97 Å². The molecule has 2 aromatic rings. The fourth-order valence-electron chi connectivity index (χ4n) is 2.07. The van der Waals surface area contributed by atoms with Gasteiger partial charge in [-0.2, -0.15) is 0 Å². The van der Waals surface area contributed by atoms with E-state index in [9.17, 15) is 9.59 Å². The minimum Gasteiger partial charge on any atom is -0.464 e. The van der Waals surface area contributed by atoms with E-state index in [1.807, 2.05) is 25.1 Å². The van der Waals surface area contributed by atoms with Gasteiger partial charge in [-0.15, -0.1) is 0 Å². The molecule has 2 rings (SSSR count). The lowest BCUT2D eigenvalue weighted by atomic mass is 10.2. The van der Waals surface area contributed by atoms with Gasteiger partial charge in [0, 0.05) is 12.8 Å². The molecule has 0 aliphatic carbocycles. The number of benzene rings is 1. The summed E-state index contributed by atoms with van der Waals surface area (Å²) < 4.78 is 6.62. The third-order valence-electron chi connectivity index (χ3n) is 3.12. The van der Waals surface area contributed by atoms with Gasteiger partial charge in [0.1, 0.15) is 12.4 Å². The number of carbonyl (C=O) groups excluding carboxylic acids is 1. The fourth-order valence-corrected chi connectivity index (χ4v) is 2.07. The number of rotatable bonds is 5. The van der Waals surface area contributed by atoms with Crippen molar-refractivity contribution in [3.8, 4) is 0 Å². The smallest absolute Gasteiger partial charge is 0.305 e. The summed E-state index contributed by atoms with van der Waals surface area (Å²) in [5.74, 6) is 0.450. The first kappa shape index (κ1) is 14.2. The van der Waals surface area contributed by atoms with Gasteiger partial charge in [0.25, 0.3) is 5.56 Å². The number of para-hydroxylation sites is 1. The van der Waals surface area contributed by atoms with Crippen molar-refractivity contribution in [3.05, 3.63) is 40.4 Å². The molecule has 0 N–H and O–H groups in total. The number of hydrogen-bond acceptors (Lipinski definition) is 4. The second-order valence-corrected chi connectivity index (χ2v) is 4.43. The third kappa shape index (κ3) is 2.87. The van der Waals surface area contributed by atoms with Crippen molar-refractivity contribution in [2.75, 3.05) is 6.61 Å². The quantitative estimate of drug-likeness (QED) is 0.781. The number of esters is 1. The van der Waals surface area contributed by atoms with Crippen LogP contribution in [0.1, 0.15) is 26.1 Å². The molecule has 0 atom stereocenters. The average molecular weight is 274 g/mol. The van der Waals surface area contributed by atoms with Gasteiger partial charge in [0.05, 0.1) is 17.4 Å². The Morgan fingerprint density at radius 1 is 1.30 bits per heavy atom. The van der Waals surface area contributed by atoms with Crippen LogP contribution in [0.4, 0.5) is 0 Å². The summed E-state index contributed by atoms with van der Waals surface area (Å²) in [4.78, 5) is 28.1. The highest BCUT2D eigenvalue weighted by Gasteiger charge is 2.09. The van der Waals surface area contributed by atoms with E-state index in [1.54, 1.807) is 17.6 Å². The van der Waals surface area contributed by atoms with Crippen LogP contribution in [0.5, 0.6) is 0 Å². The lowest BCUT2D eigenvalue weighted by Crippen LogP contribution is -2.27. The standard InChI is InChI=1S/C15H18N2O3/c1-3-13-16-12-8-6-5-7-11(12)15(19)17(13)9-10-20-14(18)4-2/h5-8H,3-4,9-10H2,1-2H3. The summed E-state index contributed by atoms with van der Waals surface area (Å²) in [6.07, 6.45) is 0.993. The average Bonchev–Trinajstić information content (AvgIpc) is 2.49. The molecular weight excluding hydrogens is 256 g/mol. The van der Waals surface area contributed by atoms with E-state index in [1.165, 1.54) is 0 Å². The van der Waals surface area contributed by atoms with Gasteiger partial charge in [-0.3, -0.25) is 14.2 Å². The van der Waals surface area contributed by atoms with Crippen LogP contribution in [0.25, 0.3) is 10.9 Å². The van der Waals surface area contributed by atoms with Crippen LogP contribution in [0.2, 0.25) is 0 Å². The normalized spacial score (nSPS) is 10.7. The van der Waals surface area contributed by atoms with E-state index in [4.69, 9.17) is 4.74 Å². The monoisotopic (exact) mass is 274 g/mol. The van der Waals surface area contributed by atoms with Gasteiger partial charge in [-0.05, 0) is 12.1 Å². The van der Waals surface area contributed by atoms with E-state index in [-0.39, 0.29) is 18.1 Å². The molecule has 20 heavy (non-hydrogen) atoms. The Balaban J connectivity index is 2.33. The zero-order valence-electron chi connectivity index (χ0n) is 11.8. The largest absolute Gasteiger partial charge is 0.464 e. The van der Waals surface area contributed by atoms with E-state index in [0.717, 1.165) is 0 Å². The molecule has 5 heteroatoms. The summed E-state index contributed by atoms with van der Waals surface area (Å²) in [6, 6.07) is 7.27. The molecule has 0 saturated heterocycles. The number of nitrogens with zero attached hydrogens (tertiary/aromatic N) is 2. The molecule has 1 aromatic carbocycles. The lowest BCUT2D eigenvalue weighted by molar-refractivity contribution is -0.143. The Morgan fingerprint density at radius 3 is 2.75 bits per heavy atom. The maximum Gasteiger partial charge on any atom is 0.305 e. The summed E-state index contributed by atoms with van der Waals surface area (Å²) in [5, 5.41) is 0.589. The van der Waals surface area contributed by atoms with Crippen LogP contribution in [0.3, 0.4) is 0 Å². The van der Waals surface area contributed by atoms with E-state index in [2.05, 4.69) is 4.98 Å². The van der Waals surface area contributed by atoms with Crippen molar-refractivity contribution >= 4 is 16.9 Å². The highest BCUT2D eigenvalue weighted by Crippen LogP contribution is 2.08. The number of ether oxygens (including phenoxy) is 1. The molecule has 5 nitrogen and oxygen atoms in total. The predicted molar refractivity (Wildman–Crippen MR) is 76.6 cm³/mol. The molecule has 0 aliphatic rings. The van der Waals surface area contributed by atoms with Crippen molar-refractivity contribution in [1.29, 1.82) is 0 Å². The number of aromatic nitrogens is 2. The summed E-state index contributed by atoms with van der Waals surface area (Å²) in [5.41, 5.74) is 0.621. The molecule has 0 amide bonds. The van der Waals surface area contributed by atoms with Crippen molar-refractivity contribution < 1.29 is 9.53 Å². The van der Waals surface area contributed by atoms with Crippen molar-refractivity contribution in [1.82, 2.24) is 9.55 Å². The number of fused-ring (bicyclic) bond motifs is 1. The highest BCUT2D eigenvalue weighted by atomic mass is 16.5. The van der Waals surface area contributed by atoms with Gasteiger partial charge in [-0.1, -0.05) is 26.0 Å². The zero-order chi connectivity index (χ0) is 14.5. The van der Waals surface area contributed by atoms with Crippen molar-refractivity contribution in [2.45, 2.75) is 33.2 Å². The second kappa shape index (κ2) is 6.32. The molecule has 0 saturated carbocycles. The first-order valence-corrected chi connectivity index (χ1v) is 6.81. The Morgan fingerprint density at radius 2 is 2.05 bits per heavy atom. The number of carbonyl (C=O) groups is 1. The maximum atomic E-state index is 12.4. The second-order valence-electron chi connectivity index (χ2n) is 4.43. The van der Waals surface area contributed by atoms with Gasteiger partial charge < -0.3 is 4.74 Å². The Labute approximate surface area is 117 Å². The molecule has 0 unspecified atom stereocenters. The predicted octanol–water partition coefficient (Wildman–Crippen LogP) is 1.91. The Kier molecular flexibility index (Phi) is 4.50. The highest BCUT2D eigenvalue weighted by molar-refractivity contribution is 5.77. The summed E-state index contributed by atoms with van der Waals surface area (Å²) in [6.45, 7) is 4.22. The first-order chi connectivity index (χ1) is 9.67. The van der Waals surface area contributed by atoms with Crippen LogP contribution in [0.15, 0.2) is 29.1 Å². The van der Waals surface area contributed by atoms with Gasteiger partial charge in [0.15, 0.2) is 0 Å². The summed E-state index contributed by atoms with van der Waals surface area (Å²) in [7, 11) is 0. The molecule has 1 aromatic heterocycles. The van der Waals surface area contributed by atoms with Crippen LogP contribution < -0.4 is 5.56 Å². The Hall–Kier alpha value is -2.17. The maximum absolute atomic E-state index is 12.4. The van der Waals surface area contributed by atoms with Crippen LogP contribution in [-0.4, -0.2) is 22.1 Å². The van der Waals surface area contributed by atoms with E-state index >= 15 is 0 Å². The fraction of sp³-hybridized carbons (Fsp3) is 0.400. The number of hydrogen-bond donors (Lipinski definition) is 0. The van der Waals surface area contributed by atoms with E-state index < -0.39 is 0 Å². The summed E-state index contributed by atoms with van der Waals surface area (Å²) >= 11 is 0. The zero-order valence-corrected chi connectivity index (χ0v) is 11.8. The molecule has 0 fully saturated rings.